The first kappa shape index (κ1) is 14.6. The third kappa shape index (κ3) is 3.85. The molecule has 1 aromatic rings. The van der Waals surface area contributed by atoms with Crippen molar-refractivity contribution >= 4 is 29.3 Å². The molecule has 0 unspecified atom stereocenters. The number of rotatable bonds is 2. The number of carboxylic acid groups (broad SMARTS) is 1. The topological polar surface area (TPSA) is 78.9 Å². The number of ether oxygens (including phenoxy) is 1. The molecule has 0 aliphatic carbocycles. The zero-order chi connectivity index (χ0) is 14.5. The highest BCUT2D eigenvalue weighted by molar-refractivity contribution is 6.31. The minimum atomic E-state index is -1.09. The molecule has 2 amide bonds. The van der Waals surface area contributed by atoms with Crippen molar-refractivity contribution < 1.29 is 19.4 Å². The molecule has 0 spiro atoms. The molecular weight excluding hydrogens is 284 g/mol. The largest absolute Gasteiger partial charge is 0.478 e. The Morgan fingerprint density at radius 2 is 2.05 bits per heavy atom. The Morgan fingerprint density at radius 3 is 2.80 bits per heavy atom. The van der Waals surface area contributed by atoms with Crippen molar-refractivity contribution in [3.63, 3.8) is 0 Å². The van der Waals surface area contributed by atoms with Gasteiger partial charge in [0.2, 0.25) is 0 Å². The van der Waals surface area contributed by atoms with Crippen molar-refractivity contribution in [2.24, 2.45) is 0 Å². The van der Waals surface area contributed by atoms with E-state index in [4.69, 9.17) is 21.4 Å². The molecule has 1 fully saturated rings. The zero-order valence-corrected chi connectivity index (χ0v) is 11.5. The maximum absolute atomic E-state index is 12.1. The van der Waals surface area contributed by atoms with Crippen LogP contribution >= 0.6 is 11.6 Å². The Balaban J connectivity index is 2.08. The number of nitrogens with zero attached hydrogens (tertiary/aromatic N) is 1. The van der Waals surface area contributed by atoms with Crippen molar-refractivity contribution in [3.05, 3.63) is 28.8 Å². The lowest BCUT2D eigenvalue weighted by molar-refractivity contribution is 0.0697. The number of carbonyl (C=O) groups excluding carboxylic acids is 1. The minimum Gasteiger partial charge on any atom is -0.478 e. The molecule has 7 heteroatoms. The van der Waals surface area contributed by atoms with Gasteiger partial charge in [0.1, 0.15) is 0 Å². The fourth-order valence-electron chi connectivity index (χ4n) is 1.94. The average Bonchev–Trinajstić information content (AvgIpc) is 2.66. The second-order valence-electron chi connectivity index (χ2n) is 4.42. The molecule has 0 atom stereocenters. The van der Waals surface area contributed by atoms with Gasteiger partial charge in [-0.05, 0) is 24.6 Å². The molecule has 0 radical (unpaired) electrons. The molecule has 0 saturated carbocycles. The molecule has 2 N–H and O–H groups in total. The second-order valence-corrected chi connectivity index (χ2v) is 4.85. The van der Waals surface area contributed by atoms with Crippen LogP contribution < -0.4 is 5.32 Å². The number of carbonyl (C=O) groups is 2. The number of amides is 2. The number of carboxylic acids is 1. The van der Waals surface area contributed by atoms with Crippen LogP contribution in [0.4, 0.5) is 10.5 Å². The second kappa shape index (κ2) is 6.58. The van der Waals surface area contributed by atoms with Crippen LogP contribution in [-0.4, -0.2) is 48.3 Å². The molecule has 108 valence electrons. The Hall–Kier alpha value is -1.79. The number of hydrogen-bond donors (Lipinski definition) is 2. The minimum absolute atomic E-state index is 0.0343. The van der Waals surface area contributed by atoms with Gasteiger partial charge in [0, 0.05) is 30.4 Å². The van der Waals surface area contributed by atoms with E-state index in [2.05, 4.69) is 5.32 Å². The van der Waals surface area contributed by atoms with Gasteiger partial charge in [-0.1, -0.05) is 11.6 Å². The van der Waals surface area contributed by atoms with Crippen LogP contribution in [0.3, 0.4) is 0 Å². The van der Waals surface area contributed by atoms with Crippen molar-refractivity contribution in [2.75, 3.05) is 31.6 Å². The number of halogens is 1. The maximum atomic E-state index is 12.1. The summed E-state index contributed by atoms with van der Waals surface area (Å²) in [6.45, 7) is 2.27. The number of aromatic carboxylic acids is 1. The molecule has 20 heavy (non-hydrogen) atoms. The lowest BCUT2D eigenvalue weighted by Gasteiger charge is -2.20. The van der Waals surface area contributed by atoms with E-state index in [1.165, 1.54) is 18.2 Å². The summed E-state index contributed by atoms with van der Waals surface area (Å²) >= 11 is 5.84. The van der Waals surface area contributed by atoms with Gasteiger partial charge < -0.3 is 20.1 Å². The first-order valence-corrected chi connectivity index (χ1v) is 6.61. The molecule has 1 saturated heterocycles. The molecule has 1 aromatic carbocycles. The average molecular weight is 299 g/mol. The lowest BCUT2D eigenvalue weighted by Crippen LogP contribution is -2.36. The molecule has 0 bridgehead atoms. The molecule has 0 aromatic heterocycles. The van der Waals surface area contributed by atoms with E-state index in [1.807, 2.05) is 0 Å². The standard InChI is InChI=1S/C13H15ClN2O4/c14-10-6-9(12(17)18)7-11(8-10)15-13(19)16-2-1-4-20-5-3-16/h6-8H,1-5H2,(H,15,19)(H,17,18). The number of hydrogen-bond acceptors (Lipinski definition) is 3. The summed E-state index contributed by atoms with van der Waals surface area (Å²) in [5.41, 5.74) is 0.400. The summed E-state index contributed by atoms with van der Waals surface area (Å²) in [5, 5.41) is 11.9. The predicted molar refractivity (Wildman–Crippen MR) is 74.4 cm³/mol. The highest BCUT2D eigenvalue weighted by atomic mass is 35.5. The van der Waals surface area contributed by atoms with Crippen LogP contribution in [0.2, 0.25) is 5.02 Å². The van der Waals surface area contributed by atoms with Crippen LogP contribution in [-0.2, 0) is 4.74 Å². The van der Waals surface area contributed by atoms with Gasteiger partial charge in [0.05, 0.1) is 12.2 Å². The summed E-state index contributed by atoms with van der Waals surface area (Å²) < 4.78 is 5.27. The summed E-state index contributed by atoms with van der Waals surface area (Å²) in [5.74, 6) is -1.09. The van der Waals surface area contributed by atoms with Crippen LogP contribution in [0.15, 0.2) is 18.2 Å². The smallest absolute Gasteiger partial charge is 0.335 e. The van der Waals surface area contributed by atoms with Gasteiger partial charge in [-0.3, -0.25) is 0 Å². The maximum Gasteiger partial charge on any atom is 0.335 e. The number of benzene rings is 1. The Bertz CT molecular complexity index is 513. The van der Waals surface area contributed by atoms with E-state index in [1.54, 1.807) is 4.90 Å². The van der Waals surface area contributed by atoms with Gasteiger partial charge in [0.25, 0.3) is 0 Å². The number of anilines is 1. The third-order valence-electron chi connectivity index (χ3n) is 2.91. The van der Waals surface area contributed by atoms with Crippen LogP contribution in [0, 0.1) is 0 Å². The van der Waals surface area contributed by atoms with Crippen LogP contribution in [0.5, 0.6) is 0 Å². The molecule has 2 rings (SSSR count). The van der Waals surface area contributed by atoms with Crippen molar-refractivity contribution in [1.82, 2.24) is 4.90 Å². The summed E-state index contributed by atoms with van der Waals surface area (Å²) in [4.78, 5) is 24.7. The van der Waals surface area contributed by atoms with E-state index in [0.29, 0.717) is 32.0 Å². The number of nitrogens with one attached hydrogen (secondary N) is 1. The highest BCUT2D eigenvalue weighted by Crippen LogP contribution is 2.19. The first-order valence-electron chi connectivity index (χ1n) is 6.24. The van der Waals surface area contributed by atoms with E-state index >= 15 is 0 Å². The highest BCUT2D eigenvalue weighted by Gasteiger charge is 2.16. The van der Waals surface area contributed by atoms with E-state index < -0.39 is 5.97 Å². The summed E-state index contributed by atoms with van der Waals surface area (Å²) in [6.07, 6.45) is 0.781. The molecule has 1 aliphatic heterocycles. The predicted octanol–water partition coefficient (Wildman–Crippen LogP) is 2.29. The molecule has 1 heterocycles. The van der Waals surface area contributed by atoms with E-state index in [9.17, 15) is 9.59 Å². The van der Waals surface area contributed by atoms with Crippen molar-refractivity contribution in [3.8, 4) is 0 Å². The van der Waals surface area contributed by atoms with E-state index in [-0.39, 0.29) is 16.6 Å². The van der Waals surface area contributed by atoms with Gasteiger partial charge in [-0.15, -0.1) is 0 Å². The van der Waals surface area contributed by atoms with Crippen LogP contribution in [0.25, 0.3) is 0 Å². The summed E-state index contributed by atoms with van der Waals surface area (Å²) in [7, 11) is 0. The van der Waals surface area contributed by atoms with Crippen molar-refractivity contribution in [1.29, 1.82) is 0 Å². The normalized spacial score (nSPS) is 15.6. The third-order valence-corrected chi connectivity index (χ3v) is 3.12. The van der Waals surface area contributed by atoms with Gasteiger partial charge in [0.15, 0.2) is 0 Å². The Kier molecular flexibility index (Phi) is 4.81. The SMILES string of the molecule is O=C(O)c1cc(Cl)cc(NC(=O)N2CCCOCC2)c1. The van der Waals surface area contributed by atoms with Gasteiger partial charge in [-0.2, -0.15) is 0 Å². The van der Waals surface area contributed by atoms with Gasteiger partial charge in [-0.25, -0.2) is 9.59 Å². The van der Waals surface area contributed by atoms with Crippen molar-refractivity contribution in [2.45, 2.75) is 6.42 Å². The van der Waals surface area contributed by atoms with Gasteiger partial charge >= 0.3 is 12.0 Å². The number of urea groups is 1. The fraction of sp³-hybridized carbons (Fsp3) is 0.385. The molecular formula is C13H15ClN2O4. The summed E-state index contributed by atoms with van der Waals surface area (Å²) in [6, 6.07) is 3.94. The quantitative estimate of drug-likeness (QED) is 0.878. The lowest BCUT2D eigenvalue weighted by atomic mass is 10.2. The Labute approximate surface area is 121 Å². The Morgan fingerprint density at radius 1 is 1.25 bits per heavy atom. The van der Waals surface area contributed by atoms with E-state index in [0.717, 1.165) is 6.42 Å². The molecule has 6 nitrogen and oxygen atoms in total. The monoisotopic (exact) mass is 298 g/mol. The molecule has 1 aliphatic rings. The fourth-order valence-corrected chi connectivity index (χ4v) is 2.17. The zero-order valence-electron chi connectivity index (χ0n) is 10.8. The van der Waals surface area contributed by atoms with Crippen LogP contribution in [0.1, 0.15) is 16.8 Å². The first-order chi connectivity index (χ1) is 9.56.